The van der Waals surface area contributed by atoms with E-state index in [9.17, 15) is 0 Å². The molecule has 0 aromatic rings. The zero-order chi connectivity index (χ0) is 36.3. The molecule has 0 fully saturated rings. The second-order valence-corrected chi connectivity index (χ2v) is 14.0. The molecular formula is C41H94O4. The molecule has 0 spiro atoms. The summed E-state index contributed by atoms with van der Waals surface area (Å²) in [6.45, 7) is 43.4. The summed E-state index contributed by atoms with van der Waals surface area (Å²) in [6.07, 6.45) is 16.5. The van der Waals surface area contributed by atoms with Gasteiger partial charge in [0.05, 0.1) is 18.3 Å². The molecule has 4 heteroatoms. The molecule has 0 aliphatic carbocycles. The zero-order valence-electron chi connectivity index (χ0n) is 35.1. The fraction of sp³-hybridized carbons (Fsp3) is 1.00. The smallest absolute Gasteiger partial charge is 0.0518 e. The monoisotopic (exact) mass is 651 g/mol. The normalized spacial score (nSPS) is 10.4. The first-order chi connectivity index (χ1) is 21.1. The van der Waals surface area contributed by atoms with Crippen LogP contribution >= 0.6 is 0 Å². The summed E-state index contributed by atoms with van der Waals surface area (Å²) >= 11 is 0. The van der Waals surface area contributed by atoms with Gasteiger partial charge in [0, 0.05) is 33.0 Å². The molecule has 0 atom stereocenters. The topological polar surface area (TPSA) is 36.9 Å². The summed E-state index contributed by atoms with van der Waals surface area (Å²) in [4.78, 5) is 0. The van der Waals surface area contributed by atoms with Crippen LogP contribution in [0.4, 0.5) is 0 Å². The number of unbranched alkanes of at least 4 members (excludes halogenated alkanes) is 4. The molecule has 0 amide bonds. The summed E-state index contributed by atoms with van der Waals surface area (Å²) in [5.41, 5.74) is 0. The highest BCUT2D eigenvalue weighted by Crippen LogP contribution is 2.04. The highest BCUT2D eigenvalue weighted by molar-refractivity contribution is 4.43. The Morgan fingerprint density at radius 2 is 0.733 bits per heavy atom. The minimum Gasteiger partial charge on any atom is -0.381 e. The van der Waals surface area contributed by atoms with Crippen molar-refractivity contribution < 1.29 is 18.9 Å². The summed E-state index contributed by atoms with van der Waals surface area (Å²) < 4.78 is 21.1. The lowest BCUT2D eigenvalue weighted by molar-refractivity contribution is 0.0759. The Labute approximate surface area is 289 Å². The molecule has 0 bridgehead atoms. The quantitative estimate of drug-likeness (QED) is 0.116. The van der Waals surface area contributed by atoms with E-state index in [4.69, 9.17) is 18.9 Å². The minimum atomic E-state index is 0.403. The summed E-state index contributed by atoms with van der Waals surface area (Å²) in [7, 11) is 0. The van der Waals surface area contributed by atoms with Gasteiger partial charge in [-0.25, -0.2) is 0 Å². The van der Waals surface area contributed by atoms with Crippen LogP contribution in [0.5, 0.6) is 0 Å². The van der Waals surface area contributed by atoms with E-state index >= 15 is 0 Å². The van der Waals surface area contributed by atoms with Gasteiger partial charge in [-0.3, -0.25) is 0 Å². The van der Waals surface area contributed by atoms with Crippen molar-refractivity contribution in [2.24, 2.45) is 17.8 Å². The Balaban J connectivity index is -0.000000102. The Morgan fingerprint density at radius 1 is 0.333 bits per heavy atom. The average Bonchev–Trinajstić information content (AvgIpc) is 2.94. The van der Waals surface area contributed by atoms with Crippen LogP contribution in [-0.2, 0) is 18.9 Å². The van der Waals surface area contributed by atoms with Gasteiger partial charge in [-0.05, 0) is 85.0 Å². The zero-order valence-corrected chi connectivity index (χ0v) is 35.1. The van der Waals surface area contributed by atoms with E-state index in [1.165, 1.54) is 64.2 Å². The van der Waals surface area contributed by atoms with Crippen molar-refractivity contribution in [1.82, 2.24) is 0 Å². The maximum Gasteiger partial charge on any atom is 0.0518 e. The first-order valence-electron chi connectivity index (χ1n) is 19.5. The van der Waals surface area contributed by atoms with Gasteiger partial charge in [-0.1, -0.05) is 134 Å². The maximum atomic E-state index is 5.34. The molecule has 0 aliphatic rings. The molecule has 0 saturated carbocycles. The number of hydrogen-bond donors (Lipinski definition) is 0. The summed E-state index contributed by atoms with van der Waals surface area (Å²) in [5.74, 6) is 2.48. The Hall–Kier alpha value is -0.160. The number of hydrogen-bond acceptors (Lipinski definition) is 4. The molecule has 45 heavy (non-hydrogen) atoms. The highest BCUT2D eigenvalue weighted by Gasteiger charge is 1.92. The van der Waals surface area contributed by atoms with Gasteiger partial charge in [0.2, 0.25) is 0 Å². The third kappa shape index (κ3) is 107. The van der Waals surface area contributed by atoms with Crippen molar-refractivity contribution in [2.75, 3.05) is 33.0 Å². The molecule has 0 N–H and O–H groups in total. The van der Waals surface area contributed by atoms with E-state index in [-0.39, 0.29) is 0 Å². The molecule has 0 rings (SSSR count). The van der Waals surface area contributed by atoms with Crippen LogP contribution in [-0.4, -0.2) is 51.3 Å². The Bertz CT molecular complexity index is 394. The average molecular weight is 651 g/mol. The van der Waals surface area contributed by atoms with E-state index in [0.717, 1.165) is 57.7 Å². The molecule has 0 aliphatic heterocycles. The molecule has 0 heterocycles. The SMILES string of the molecule is CCCC(C)C.CCCCC(C)C.CCCCCOC(C)C.CCCCOC(C)C.CCCOC(C)C.CCCOCC(C)C. The molecule has 4 nitrogen and oxygen atoms in total. The molecule has 282 valence electrons. The van der Waals surface area contributed by atoms with Gasteiger partial charge in [0.25, 0.3) is 0 Å². The van der Waals surface area contributed by atoms with Crippen LogP contribution < -0.4 is 0 Å². The predicted octanol–water partition coefficient (Wildman–Crippen LogP) is 14.0. The second kappa shape index (κ2) is 53.3. The number of ether oxygens (including phenoxy) is 4. The van der Waals surface area contributed by atoms with Crippen LogP contribution in [0.25, 0.3) is 0 Å². The molecule has 0 saturated heterocycles. The van der Waals surface area contributed by atoms with Gasteiger partial charge >= 0.3 is 0 Å². The second-order valence-electron chi connectivity index (χ2n) is 14.0. The van der Waals surface area contributed by atoms with Crippen LogP contribution in [0.3, 0.4) is 0 Å². The van der Waals surface area contributed by atoms with Crippen molar-refractivity contribution in [3.63, 3.8) is 0 Å². The lowest BCUT2D eigenvalue weighted by Gasteiger charge is -2.05. The van der Waals surface area contributed by atoms with E-state index in [1.807, 2.05) is 0 Å². The fourth-order valence-corrected chi connectivity index (χ4v) is 3.14. The predicted molar refractivity (Wildman–Crippen MR) is 208 cm³/mol. The van der Waals surface area contributed by atoms with Crippen molar-refractivity contribution in [2.45, 2.75) is 220 Å². The first kappa shape index (κ1) is 57.1. The van der Waals surface area contributed by atoms with E-state index in [1.54, 1.807) is 0 Å². The molecular weight excluding hydrogens is 556 g/mol. The van der Waals surface area contributed by atoms with Gasteiger partial charge < -0.3 is 18.9 Å². The lowest BCUT2D eigenvalue weighted by atomic mass is 10.1. The largest absolute Gasteiger partial charge is 0.381 e. The molecule has 0 aromatic heterocycles. The minimum absolute atomic E-state index is 0.403. The van der Waals surface area contributed by atoms with Gasteiger partial charge in [-0.15, -0.1) is 0 Å². The van der Waals surface area contributed by atoms with Crippen LogP contribution in [0.15, 0.2) is 0 Å². The van der Waals surface area contributed by atoms with Crippen molar-refractivity contribution >= 4 is 0 Å². The van der Waals surface area contributed by atoms with E-state index < -0.39 is 0 Å². The molecule has 0 aromatic carbocycles. The first-order valence-corrected chi connectivity index (χ1v) is 19.5. The van der Waals surface area contributed by atoms with Crippen LogP contribution in [0.2, 0.25) is 0 Å². The Kier molecular flexibility index (Phi) is 67.7. The number of rotatable bonds is 21. The standard InChI is InChI=1S/C8H18O.2C7H16O.C7H16.C6H14O.C6H14/c1-4-5-6-7-9-8(2)3;1-4-5-8-6-7(2)3;1-4-5-6-8-7(2)3;1-4-5-6-7(2)3;1-4-5-7-6(2)3;1-4-5-6(2)3/h8H,4-7H2,1-3H3;2*7H,4-6H2,1-3H3;7H,4-6H2,1-3H3;6H,4-5H2,1-3H3;6H,4-5H2,1-3H3. The maximum absolute atomic E-state index is 5.34. The van der Waals surface area contributed by atoms with Crippen LogP contribution in [0.1, 0.15) is 202 Å². The fourth-order valence-electron chi connectivity index (χ4n) is 3.14. The third-order valence-corrected chi connectivity index (χ3v) is 5.60. The Morgan fingerprint density at radius 3 is 0.978 bits per heavy atom. The molecule has 0 unspecified atom stereocenters. The summed E-state index contributed by atoms with van der Waals surface area (Å²) in [5, 5.41) is 0. The van der Waals surface area contributed by atoms with E-state index in [2.05, 4.69) is 125 Å². The lowest BCUT2D eigenvalue weighted by Crippen LogP contribution is -2.03. The van der Waals surface area contributed by atoms with Gasteiger partial charge in [-0.2, -0.15) is 0 Å². The van der Waals surface area contributed by atoms with E-state index in [0.29, 0.717) is 24.2 Å². The van der Waals surface area contributed by atoms with Gasteiger partial charge in [0.15, 0.2) is 0 Å². The van der Waals surface area contributed by atoms with Crippen molar-refractivity contribution in [3.8, 4) is 0 Å². The highest BCUT2D eigenvalue weighted by atomic mass is 16.5. The van der Waals surface area contributed by atoms with Gasteiger partial charge in [0.1, 0.15) is 0 Å². The van der Waals surface area contributed by atoms with Crippen LogP contribution in [0, 0.1) is 17.8 Å². The third-order valence-electron chi connectivity index (χ3n) is 5.60. The summed E-state index contributed by atoms with van der Waals surface area (Å²) in [6, 6.07) is 0. The van der Waals surface area contributed by atoms with Crippen molar-refractivity contribution in [3.05, 3.63) is 0 Å². The van der Waals surface area contributed by atoms with Crippen molar-refractivity contribution in [1.29, 1.82) is 0 Å². The molecule has 0 radical (unpaired) electrons.